The maximum atomic E-state index is 12.5. The van der Waals surface area contributed by atoms with Crippen LogP contribution in [0, 0.1) is 0 Å². The molecule has 0 heterocycles. The summed E-state index contributed by atoms with van der Waals surface area (Å²) in [6.07, 6.45) is -6.51. The first-order valence-electron chi connectivity index (χ1n) is 4.16. The molecule has 17 heavy (non-hydrogen) atoms. The third kappa shape index (κ3) is 3.10. The highest BCUT2D eigenvalue weighted by Gasteiger charge is 2.34. The molecule has 5 nitrogen and oxygen atoms in total. The van der Waals surface area contributed by atoms with Crippen molar-refractivity contribution in [1.29, 1.82) is 0 Å². The van der Waals surface area contributed by atoms with Gasteiger partial charge in [-0.2, -0.15) is 13.2 Å². The fourth-order valence-electron chi connectivity index (χ4n) is 1.14. The summed E-state index contributed by atoms with van der Waals surface area (Å²) in [5.74, 6) is -1.53. The summed E-state index contributed by atoms with van der Waals surface area (Å²) < 4.78 is 37.5. The topological polar surface area (TPSA) is 86.6 Å². The lowest BCUT2D eigenvalue weighted by Gasteiger charge is -2.12. The average Bonchev–Trinajstić information content (AvgIpc) is 2.15. The van der Waals surface area contributed by atoms with Gasteiger partial charge >= 0.3 is 18.2 Å². The molecule has 0 fully saturated rings. The highest BCUT2D eigenvalue weighted by molar-refractivity contribution is 5.90. The Bertz CT molecular complexity index is 470. The lowest BCUT2D eigenvalue weighted by Crippen LogP contribution is -2.15. The summed E-state index contributed by atoms with van der Waals surface area (Å²) in [5.41, 5.74) is -2.64. The third-order valence-corrected chi connectivity index (χ3v) is 1.81. The first-order valence-corrected chi connectivity index (χ1v) is 4.16. The number of aromatic carboxylic acids is 1. The standard InChI is InChI=1S/C9H6F3NO4/c10-9(11,12)5-3-4(7(14)15)1-2-6(5)13-8(16)17/h1-3,13H,(H,14,15)(H,16,17). The number of anilines is 1. The normalized spacial score (nSPS) is 11.0. The molecule has 0 aliphatic carbocycles. The molecule has 0 atom stereocenters. The van der Waals surface area contributed by atoms with Crippen molar-refractivity contribution >= 4 is 17.7 Å². The number of halogens is 3. The van der Waals surface area contributed by atoms with Crippen LogP contribution in [-0.2, 0) is 6.18 Å². The van der Waals surface area contributed by atoms with Gasteiger partial charge in [0.05, 0.1) is 16.8 Å². The largest absolute Gasteiger partial charge is 0.478 e. The Hall–Kier alpha value is -2.25. The van der Waals surface area contributed by atoms with Crippen LogP contribution in [0.2, 0.25) is 0 Å². The van der Waals surface area contributed by atoms with Crippen LogP contribution in [0.4, 0.5) is 23.7 Å². The first-order chi connectivity index (χ1) is 7.71. The summed E-state index contributed by atoms with van der Waals surface area (Å²) >= 11 is 0. The molecule has 1 amide bonds. The predicted molar refractivity (Wildman–Crippen MR) is 50.1 cm³/mol. The Morgan fingerprint density at radius 1 is 1.18 bits per heavy atom. The molecule has 0 aliphatic heterocycles. The van der Waals surface area contributed by atoms with Crippen LogP contribution in [0.5, 0.6) is 0 Å². The van der Waals surface area contributed by atoms with Gasteiger partial charge < -0.3 is 10.2 Å². The lowest BCUT2D eigenvalue weighted by molar-refractivity contribution is -0.136. The summed E-state index contributed by atoms with van der Waals surface area (Å²) in [7, 11) is 0. The molecule has 0 aromatic heterocycles. The van der Waals surface area contributed by atoms with Crippen molar-refractivity contribution < 1.29 is 33.0 Å². The van der Waals surface area contributed by atoms with Crippen LogP contribution in [0.15, 0.2) is 18.2 Å². The average molecular weight is 249 g/mol. The van der Waals surface area contributed by atoms with E-state index in [0.717, 1.165) is 12.1 Å². The summed E-state index contributed by atoms with van der Waals surface area (Å²) in [4.78, 5) is 20.8. The molecular formula is C9H6F3NO4. The van der Waals surface area contributed by atoms with Gasteiger partial charge in [0.25, 0.3) is 0 Å². The highest BCUT2D eigenvalue weighted by Crippen LogP contribution is 2.35. The smallest absolute Gasteiger partial charge is 0.418 e. The molecule has 1 rings (SSSR count). The van der Waals surface area contributed by atoms with Crippen LogP contribution in [0.1, 0.15) is 15.9 Å². The van der Waals surface area contributed by atoms with Crippen LogP contribution in [0.3, 0.4) is 0 Å². The van der Waals surface area contributed by atoms with E-state index in [9.17, 15) is 22.8 Å². The van der Waals surface area contributed by atoms with Gasteiger partial charge in [0.2, 0.25) is 0 Å². The zero-order chi connectivity index (χ0) is 13.2. The zero-order valence-corrected chi connectivity index (χ0v) is 8.08. The quantitative estimate of drug-likeness (QED) is 0.751. The minimum absolute atomic E-state index is 0.369. The number of amides is 1. The van der Waals surface area contributed by atoms with E-state index in [1.165, 1.54) is 0 Å². The Morgan fingerprint density at radius 2 is 1.76 bits per heavy atom. The molecule has 3 N–H and O–H groups in total. The van der Waals surface area contributed by atoms with Crippen LogP contribution < -0.4 is 5.32 Å². The van der Waals surface area contributed by atoms with Gasteiger partial charge in [0.15, 0.2) is 0 Å². The van der Waals surface area contributed by atoms with E-state index >= 15 is 0 Å². The minimum atomic E-state index is -4.84. The van der Waals surface area contributed by atoms with Crippen molar-refractivity contribution in [2.45, 2.75) is 6.18 Å². The Labute approximate surface area is 92.5 Å². The molecule has 0 spiro atoms. The van der Waals surface area contributed by atoms with Gasteiger partial charge in [-0.3, -0.25) is 5.32 Å². The molecule has 0 saturated heterocycles. The second-order valence-electron chi connectivity index (χ2n) is 2.99. The maximum absolute atomic E-state index is 12.5. The second kappa shape index (κ2) is 4.32. The molecule has 0 saturated carbocycles. The van der Waals surface area contributed by atoms with Crippen molar-refractivity contribution in [1.82, 2.24) is 0 Å². The molecule has 1 aromatic carbocycles. The number of nitrogens with one attached hydrogen (secondary N) is 1. The van der Waals surface area contributed by atoms with E-state index in [1.54, 1.807) is 5.32 Å². The minimum Gasteiger partial charge on any atom is -0.478 e. The van der Waals surface area contributed by atoms with Gasteiger partial charge in [0.1, 0.15) is 0 Å². The molecule has 92 valence electrons. The zero-order valence-electron chi connectivity index (χ0n) is 8.08. The Kier molecular flexibility index (Phi) is 3.26. The molecule has 0 radical (unpaired) electrons. The number of alkyl halides is 3. The maximum Gasteiger partial charge on any atom is 0.418 e. The fourth-order valence-corrected chi connectivity index (χ4v) is 1.14. The van der Waals surface area contributed by atoms with E-state index < -0.39 is 35.1 Å². The van der Waals surface area contributed by atoms with Crippen molar-refractivity contribution in [2.75, 3.05) is 5.32 Å². The third-order valence-electron chi connectivity index (χ3n) is 1.81. The predicted octanol–water partition coefficient (Wildman–Crippen LogP) is 2.49. The molecule has 0 unspecified atom stereocenters. The summed E-state index contributed by atoms with van der Waals surface area (Å²) in [6.45, 7) is 0. The van der Waals surface area contributed by atoms with Crippen molar-refractivity contribution in [3.63, 3.8) is 0 Å². The van der Waals surface area contributed by atoms with Gasteiger partial charge in [-0.15, -0.1) is 0 Å². The van der Waals surface area contributed by atoms with E-state index in [2.05, 4.69) is 0 Å². The molecule has 0 bridgehead atoms. The van der Waals surface area contributed by atoms with Gasteiger partial charge in [-0.05, 0) is 18.2 Å². The van der Waals surface area contributed by atoms with Crippen molar-refractivity contribution in [2.24, 2.45) is 0 Å². The van der Waals surface area contributed by atoms with E-state index in [1.807, 2.05) is 0 Å². The molecular weight excluding hydrogens is 243 g/mol. The Balaban J connectivity index is 3.31. The second-order valence-corrected chi connectivity index (χ2v) is 2.99. The molecule has 8 heteroatoms. The van der Waals surface area contributed by atoms with E-state index in [4.69, 9.17) is 10.2 Å². The lowest BCUT2D eigenvalue weighted by atomic mass is 10.1. The van der Waals surface area contributed by atoms with Gasteiger partial charge in [-0.1, -0.05) is 0 Å². The number of carboxylic acid groups (broad SMARTS) is 2. The molecule has 1 aromatic rings. The van der Waals surface area contributed by atoms with Gasteiger partial charge in [-0.25, -0.2) is 9.59 Å². The Morgan fingerprint density at radius 3 is 2.18 bits per heavy atom. The monoisotopic (exact) mass is 249 g/mol. The van der Waals surface area contributed by atoms with Crippen LogP contribution >= 0.6 is 0 Å². The fraction of sp³-hybridized carbons (Fsp3) is 0.111. The van der Waals surface area contributed by atoms with Crippen LogP contribution in [0.25, 0.3) is 0 Å². The van der Waals surface area contributed by atoms with E-state index in [0.29, 0.717) is 6.07 Å². The van der Waals surface area contributed by atoms with Crippen molar-refractivity contribution in [3.8, 4) is 0 Å². The summed E-state index contributed by atoms with van der Waals surface area (Å²) in [5, 5.41) is 18.4. The van der Waals surface area contributed by atoms with Gasteiger partial charge in [0, 0.05) is 0 Å². The number of carbonyl (C=O) groups is 2. The van der Waals surface area contributed by atoms with Crippen molar-refractivity contribution in [3.05, 3.63) is 29.3 Å². The number of rotatable bonds is 2. The number of hydrogen-bond acceptors (Lipinski definition) is 2. The van der Waals surface area contributed by atoms with E-state index in [-0.39, 0.29) is 0 Å². The summed E-state index contributed by atoms with van der Waals surface area (Å²) in [6, 6.07) is 2.00. The number of carboxylic acids is 1. The molecule has 0 aliphatic rings. The SMILES string of the molecule is O=C(O)Nc1ccc(C(=O)O)cc1C(F)(F)F. The number of hydrogen-bond donors (Lipinski definition) is 3. The number of benzene rings is 1. The highest BCUT2D eigenvalue weighted by atomic mass is 19.4. The first kappa shape index (κ1) is 12.8. The van der Waals surface area contributed by atoms with Crippen LogP contribution in [-0.4, -0.2) is 22.3 Å².